The number of sulfonamides is 1. The molecular weight excluding hydrogens is 451 g/mol. The van der Waals surface area contributed by atoms with Crippen molar-refractivity contribution in [3.8, 4) is 0 Å². The van der Waals surface area contributed by atoms with Crippen LogP contribution in [0.1, 0.15) is 22.7 Å². The van der Waals surface area contributed by atoms with Crippen LogP contribution >= 0.6 is 23.2 Å². The van der Waals surface area contributed by atoms with Gasteiger partial charge in [-0.3, -0.25) is 4.90 Å². The molecule has 1 fully saturated rings. The number of benzene rings is 3. The fourth-order valence-electron chi connectivity index (χ4n) is 4.07. The largest absolute Gasteiger partial charge is 0.289 e. The number of likely N-dealkylation sites (tertiary alicyclic amines) is 1. The van der Waals surface area contributed by atoms with Crippen molar-refractivity contribution in [2.24, 2.45) is 0 Å². The van der Waals surface area contributed by atoms with Crippen LogP contribution in [0.4, 0.5) is 0 Å². The van der Waals surface area contributed by atoms with Crippen LogP contribution in [0.5, 0.6) is 0 Å². The van der Waals surface area contributed by atoms with Crippen LogP contribution < -0.4 is 0 Å². The van der Waals surface area contributed by atoms with Crippen molar-refractivity contribution in [3.63, 3.8) is 0 Å². The number of hydrogen-bond donors (Lipinski definition) is 0. The zero-order chi connectivity index (χ0) is 22.0. The van der Waals surface area contributed by atoms with E-state index in [1.807, 2.05) is 78.9 Å². The highest BCUT2D eigenvalue weighted by molar-refractivity contribution is 7.88. The standard InChI is InChI=1S/C24H24Cl2N2O2S/c1-31(29,30)28(15-18-5-3-2-4-6-18)23-16-27(17-23)24(19-7-11-21(25)12-8-19)20-9-13-22(26)14-10-20/h2-14,23-24H,15-17H2,1H3. The SMILES string of the molecule is CS(=O)(=O)N(Cc1ccccc1)C1CN(C(c2ccc(Cl)cc2)c2ccc(Cl)cc2)C1. The molecule has 0 atom stereocenters. The molecule has 0 radical (unpaired) electrons. The van der Waals surface area contributed by atoms with E-state index in [4.69, 9.17) is 23.2 Å². The Bertz CT molecular complexity index is 1070. The van der Waals surface area contributed by atoms with Crippen LogP contribution in [-0.4, -0.2) is 43.0 Å². The molecule has 0 aromatic heterocycles. The van der Waals surface area contributed by atoms with Gasteiger partial charge in [-0.2, -0.15) is 4.31 Å². The van der Waals surface area contributed by atoms with Gasteiger partial charge in [-0.15, -0.1) is 0 Å². The van der Waals surface area contributed by atoms with Gasteiger partial charge in [0.2, 0.25) is 10.0 Å². The molecule has 0 saturated carbocycles. The molecule has 4 rings (SSSR count). The molecule has 31 heavy (non-hydrogen) atoms. The molecule has 7 heteroatoms. The summed E-state index contributed by atoms with van der Waals surface area (Å²) in [4.78, 5) is 2.29. The first-order valence-electron chi connectivity index (χ1n) is 10.1. The third-order valence-corrected chi connectivity index (χ3v) is 7.42. The summed E-state index contributed by atoms with van der Waals surface area (Å²) < 4.78 is 26.7. The zero-order valence-electron chi connectivity index (χ0n) is 17.2. The van der Waals surface area contributed by atoms with Crippen LogP contribution in [0.3, 0.4) is 0 Å². The van der Waals surface area contributed by atoms with Gasteiger partial charge in [-0.25, -0.2) is 8.42 Å². The van der Waals surface area contributed by atoms with Crippen molar-refractivity contribution in [3.05, 3.63) is 106 Å². The highest BCUT2D eigenvalue weighted by Gasteiger charge is 2.40. The van der Waals surface area contributed by atoms with Crippen LogP contribution in [0.25, 0.3) is 0 Å². The van der Waals surface area contributed by atoms with Crippen molar-refractivity contribution >= 4 is 33.2 Å². The van der Waals surface area contributed by atoms with Crippen molar-refractivity contribution in [2.45, 2.75) is 18.6 Å². The normalized spacial score (nSPS) is 15.4. The molecule has 4 nitrogen and oxygen atoms in total. The molecule has 0 N–H and O–H groups in total. The van der Waals surface area contributed by atoms with E-state index in [-0.39, 0.29) is 12.1 Å². The maximum absolute atomic E-state index is 12.5. The number of halogens is 2. The third kappa shape index (κ3) is 5.30. The Labute approximate surface area is 194 Å². The van der Waals surface area contributed by atoms with Gasteiger partial charge in [0.25, 0.3) is 0 Å². The topological polar surface area (TPSA) is 40.6 Å². The lowest BCUT2D eigenvalue weighted by molar-refractivity contribution is 0.0507. The molecule has 0 bridgehead atoms. The first kappa shape index (κ1) is 22.3. The first-order valence-corrected chi connectivity index (χ1v) is 12.7. The molecule has 1 aliphatic heterocycles. The highest BCUT2D eigenvalue weighted by Crippen LogP contribution is 2.35. The number of hydrogen-bond acceptors (Lipinski definition) is 3. The fourth-order valence-corrected chi connectivity index (χ4v) is 5.38. The molecular formula is C24H24Cl2N2O2S. The van der Waals surface area contributed by atoms with Crippen molar-refractivity contribution < 1.29 is 8.42 Å². The van der Waals surface area contributed by atoms with E-state index in [1.54, 1.807) is 4.31 Å². The fraction of sp³-hybridized carbons (Fsp3) is 0.250. The molecule has 3 aromatic carbocycles. The summed E-state index contributed by atoms with van der Waals surface area (Å²) in [7, 11) is -3.34. The summed E-state index contributed by atoms with van der Waals surface area (Å²) in [6.07, 6.45) is 1.29. The van der Waals surface area contributed by atoms with E-state index >= 15 is 0 Å². The summed E-state index contributed by atoms with van der Waals surface area (Å²) in [5, 5.41) is 1.37. The van der Waals surface area contributed by atoms with Gasteiger partial charge in [-0.05, 0) is 41.0 Å². The van der Waals surface area contributed by atoms with Gasteiger partial charge < -0.3 is 0 Å². The van der Waals surface area contributed by atoms with Crippen molar-refractivity contribution in [2.75, 3.05) is 19.3 Å². The van der Waals surface area contributed by atoms with Crippen LogP contribution in [0.2, 0.25) is 10.0 Å². The van der Waals surface area contributed by atoms with E-state index in [0.29, 0.717) is 29.7 Å². The lowest BCUT2D eigenvalue weighted by Crippen LogP contribution is -2.61. The first-order chi connectivity index (χ1) is 14.8. The summed E-state index contributed by atoms with van der Waals surface area (Å²) in [5.74, 6) is 0. The van der Waals surface area contributed by atoms with Crippen molar-refractivity contribution in [1.29, 1.82) is 0 Å². The molecule has 0 aliphatic carbocycles. The van der Waals surface area contributed by atoms with Gasteiger partial charge in [0.15, 0.2) is 0 Å². The molecule has 1 aliphatic rings. The molecule has 1 heterocycles. The Morgan fingerprint density at radius 2 is 1.35 bits per heavy atom. The predicted octanol–water partition coefficient (Wildman–Crippen LogP) is 5.23. The second kappa shape index (κ2) is 9.31. The predicted molar refractivity (Wildman–Crippen MR) is 127 cm³/mol. The molecule has 3 aromatic rings. The quantitative estimate of drug-likeness (QED) is 0.470. The van der Waals surface area contributed by atoms with Crippen LogP contribution in [0, 0.1) is 0 Å². The summed E-state index contributed by atoms with van der Waals surface area (Å²) >= 11 is 12.2. The van der Waals surface area contributed by atoms with Gasteiger partial charge >= 0.3 is 0 Å². The molecule has 0 amide bonds. The Morgan fingerprint density at radius 3 is 1.81 bits per heavy atom. The second-order valence-electron chi connectivity index (χ2n) is 7.91. The van der Waals surface area contributed by atoms with E-state index in [0.717, 1.165) is 16.7 Å². The summed E-state index contributed by atoms with van der Waals surface area (Å²) in [6.45, 7) is 1.68. The summed E-state index contributed by atoms with van der Waals surface area (Å²) in [6, 6.07) is 25.3. The van der Waals surface area contributed by atoms with Gasteiger partial charge in [-0.1, -0.05) is 77.8 Å². The molecule has 1 saturated heterocycles. The average Bonchev–Trinajstić information content (AvgIpc) is 2.71. The van der Waals surface area contributed by atoms with Gasteiger partial charge in [0, 0.05) is 29.7 Å². The molecule has 0 spiro atoms. The Kier molecular flexibility index (Phi) is 6.70. The van der Waals surface area contributed by atoms with Gasteiger partial charge in [0.05, 0.1) is 18.3 Å². The second-order valence-corrected chi connectivity index (χ2v) is 10.7. The van der Waals surface area contributed by atoms with Crippen LogP contribution in [0.15, 0.2) is 78.9 Å². The summed E-state index contributed by atoms with van der Waals surface area (Å²) in [5.41, 5.74) is 3.21. The van der Waals surface area contributed by atoms with E-state index < -0.39 is 10.0 Å². The Hall–Kier alpha value is -1.89. The van der Waals surface area contributed by atoms with Crippen LogP contribution in [-0.2, 0) is 16.6 Å². The van der Waals surface area contributed by atoms with Gasteiger partial charge in [0.1, 0.15) is 0 Å². The average molecular weight is 475 g/mol. The molecule has 0 unspecified atom stereocenters. The third-order valence-electron chi connectivity index (χ3n) is 5.64. The van der Waals surface area contributed by atoms with E-state index in [9.17, 15) is 8.42 Å². The monoisotopic (exact) mass is 474 g/mol. The Balaban J connectivity index is 1.57. The minimum Gasteiger partial charge on any atom is -0.289 e. The lowest BCUT2D eigenvalue weighted by atomic mass is 9.93. The minimum absolute atomic E-state index is 0.00363. The Morgan fingerprint density at radius 1 is 0.871 bits per heavy atom. The molecule has 162 valence electrons. The van der Waals surface area contributed by atoms with Crippen molar-refractivity contribution in [1.82, 2.24) is 9.21 Å². The number of nitrogens with zero attached hydrogens (tertiary/aromatic N) is 2. The smallest absolute Gasteiger partial charge is 0.211 e. The lowest BCUT2D eigenvalue weighted by Gasteiger charge is -2.48. The highest BCUT2D eigenvalue weighted by atomic mass is 35.5. The zero-order valence-corrected chi connectivity index (χ0v) is 19.5. The van der Waals surface area contributed by atoms with E-state index in [2.05, 4.69) is 4.90 Å². The van der Waals surface area contributed by atoms with E-state index in [1.165, 1.54) is 6.26 Å². The number of rotatable bonds is 7. The minimum atomic E-state index is -3.34. The maximum atomic E-state index is 12.5. The maximum Gasteiger partial charge on any atom is 0.211 e.